The van der Waals surface area contributed by atoms with Crippen molar-refractivity contribution < 1.29 is 1.41 Å². The molecule has 0 radical (unpaired) electrons. The summed E-state index contributed by atoms with van der Waals surface area (Å²) in [5.41, 5.74) is 1.77. The molecule has 0 fully saturated rings. The van der Waals surface area contributed by atoms with Crippen molar-refractivity contribution in [2.75, 3.05) is 5.31 Å². The van der Waals surface area contributed by atoms with Gasteiger partial charge < -0.3 is 5.31 Å². The quantitative estimate of drug-likeness (QED) is 0.666. The predicted molar refractivity (Wildman–Crippen MR) is 73.7 cm³/mol. The second-order valence-electron chi connectivity index (χ2n) is 3.95. The zero-order valence-electron chi connectivity index (χ0n) is 10.4. The third-order valence-electron chi connectivity index (χ3n) is 2.77. The molecule has 0 aliphatic carbocycles. The van der Waals surface area contributed by atoms with Gasteiger partial charge in [0.25, 0.3) is 0 Å². The van der Waals surface area contributed by atoms with Crippen LogP contribution in [0.25, 0.3) is 10.8 Å². The van der Waals surface area contributed by atoms with Gasteiger partial charge in [0.1, 0.15) is 0 Å². The minimum atomic E-state index is 0.869. The highest BCUT2D eigenvalue weighted by Gasteiger charge is 1.99. The number of hydrogen-bond donors (Lipinski definition) is 1. The molecule has 1 heteroatoms. The first kappa shape index (κ1) is 8.82. The highest BCUT2D eigenvalue weighted by Crippen LogP contribution is 2.25. The van der Waals surface area contributed by atoms with Gasteiger partial charge in [0.05, 0.1) is 0 Å². The highest BCUT2D eigenvalue weighted by atomic mass is 14.9. The van der Waals surface area contributed by atoms with E-state index in [4.69, 9.17) is 1.41 Å². The summed E-state index contributed by atoms with van der Waals surface area (Å²) in [4.78, 5) is 0. The van der Waals surface area contributed by atoms with Gasteiger partial charge in [0.15, 0.2) is 1.41 Å². The Bertz CT molecular complexity index is 659. The molecule has 0 bridgehead atoms. The summed E-state index contributed by atoms with van der Waals surface area (Å²) in [6.45, 7) is 0. The van der Waals surface area contributed by atoms with Crippen LogP contribution in [0, 0.1) is 0 Å². The van der Waals surface area contributed by atoms with Gasteiger partial charge in [-0.05, 0) is 23.6 Å². The molecular weight excluding hydrogens is 206 g/mol. The van der Waals surface area contributed by atoms with Gasteiger partial charge in [0, 0.05) is 16.8 Å². The Labute approximate surface area is 102 Å². The van der Waals surface area contributed by atoms with Crippen LogP contribution in [-0.2, 0) is 0 Å². The average Bonchev–Trinajstić information content (AvgIpc) is 2.47. The number of rotatable bonds is 2. The summed E-state index contributed by atoms with van der Waals surface area (Å²) in [6, 6.07) is 23.9. The largest absolute Gasteiger partial charge is 0.355 e. The summed E-state index contributed by atoms with van der Waals surface area (Å²) in [6.07, 6.45) is 0. The molecule has 0 saturated carbocycles. The fourth-order valence-electron chi connectivity index (χ4n) is 1.95. The first-order valence-corrected chi connectivity index (χ1v) is 5.68. The third kappa shape index (κ3) is 2.00. The Kier molecular flexibility index (Phi) is 2.23. The molecule has 1 N–H and O–H groups in total. The standard InChI is InChI=1S/C16H13N/c1-2-9-14(10-3-1)17-16-12-6-8-13-7-4-5-11-15(13)16/h1-12,17H/i/hD. The normalized spacial score (nSPS) is 11.2. The summed E-state index contributed by atoms with van der Waals surface area (Å²) in [5.74, 6) is 0. The number of anilines is 2. The summed E-state index contributed by atoms with van der Waals surface area (Å²) < 4.78 is 8.27. The number of nitrogens with one attached hydrogen (secondary N) is 1. The van der Waals surface area contributed by atoms with Crippen molar-refractivity contribution in [1.82, 2.24) is 0 Å². The Morgan fingerprint density at radius 1 is 0.706 bits per heavy atom. The van der Waals surface area contributed by atoms with Gasteiger partial charge in [-0.1, -0.05) is 54.6 Å². The van der Waals surface area contributed by atoms with Crippen molar-refractivity contribution >= 4 is 22.1 Å². The van der Waals surface area contributed by atoms with Gasteiger partial charge in [-0.25, -0.2) is 0 Å². The Hall–Kier alpha value is -2.28. The molecule has 0 heterocycles. The topological polar surface area (TPSA) is 12.0 Å². The van der Waals surface area contributed by atoms with Crippen molar-refractivity contribution in [3.8, 4) is 0 Å². The summed E-state index contributed by atoms with van der Waals surface area (Å²) >= 11 is 0. The molecule has 0 aliphatic heterocycles. The highest BCUT2D eigenvalue weighted by molar-refractivity contribution is 5.95. The molecular formula is C16H13N. The second-order valence-corrected chi connectivity index (χ2v) is 3.95. The van der Waals surface area contributed by atoms with Crippen LogP contribution in [0.3, 0.4) is 0 Å². The smallest absolute Gasteiger partial charge is 0.167 e. The van der Waals surface area contributed by atoms with Gasteiger partial charge in [-0.15, -0.1) is 0 Å². The molecule has 3 rings (SSSR count). The molecule has 0 unspecified atom stereocenters. The molecule has 3 aromatic carbocycles. The molecule has 0 spiro atoms. The SMILES string of the molecule is [2H]N(c1ccccc1)c1cccc2ccccc12. The van der Waals surface area contributed by atoms with Crippen molar-refractivity contribution in [1.29, 1.82) is 0 Å². The molecule has 82 valence electrons. The fraction of sp³-hybridized carbons (Fsp3) is 0. The maximum absolute atomic E-state index is 8.27. The zero-order chi connectivity index (χ0) is 12.4. The number of benzene rings is 3. The van der Waals surface area contributed by atoms with E-state index in [0.29, 0.717) is 0 Å². The summed E-state index contributed by atoms with van der Waals surface area (Å²) in [5, 5.41) is 3.73. The predicted octanol–water partition coefficient (Wildman–Crippen LogP) is 4.58. The van der Waals surface area contributed by atoms with E-state index >= 15 is 0 Å². The third-order valence-corrected chi connectivity index (χ3v) is 2.77. The van der Waals surface area contributed by atoms with Crippen molar-refractivity contribution in [3.63, 3.8) is 0 Å². The molecule has 0 atom stereocenters. The van der Waals surface area contributed by atoms with Gasteiger partial charge in [0.2, 0.25) is 0 Å². The van der Waals surface area contributed by atoms with E-state index in [-0.39, 0.29) is 0 Å². The van der Waals surface area contributed by atoms with Crippen LogP contribution in [0.4, 0.5) is 11.4 Å². The van der Waals surface area contributed by atoms with E-state index in [9.17, 15) is 0 Å². The molecule has 1 nitrogen and oxygen atoms in total. The molecule has 0 amide bonds. The van der Waals surface area contributed by atoms with Gasteiger partial charge >= 0.3 is 0 Å². The lowest BCUT2D eigenvalue weighted by atomic mass is 10.1. The fourth-order valence-corrected chi connectivity index (χ4v) is 1.95. The Morgan fingerprint density at radius 3 is 2.29 bits per heavy atom. The molecule has 17 heavy (non-hydrogen) atoms. The zero-order valence-corrected chi connectivity index (χ0v) is 9.38. The van der Waals surface area contributed by atoms with Crippen molar-refractivity contribution in [2.24, 2.45) is 0 Å². The van der Waals surface area contributed by atoms with E-state index in [2.05, 4.69) is 18.2 Å². The average molecular weight is 220 g/mol. The van der Waals surface area contributed by atoms with Crippen molar-refractivity contribution in [2.45, 2.75) is 0 Å². The van der Waals surface area contributed by atoms with Crippen molar-refractivity contribution in [3.05, 3.63) is 72.8 Å². The van der Waals surface area contributed by atoms with E-state index < -0.39 is 0 Å². The number of para-hydroxylation sites is 1. The van der Waals surface area contributed by atoms with Crippen LogP contribution in [0.1, 0.15) is 0 Å². The van der Waals surface area contributed by atoms with Crippen LogP contribution >= 0.6 is 0 Å². The first-order chi connectivity index (χ1) is 8.86. The monoisotopic (exact) mass is 220 g/mol. The van der Waals surface area contributed by atoms with Crippen LogP contribution in [0.15, 0.2) is 72.8 Å². The van der Waals surface area contributed by atoms with E-state index in [1.54, 1.807) is 0 Å². The minimum absolute atomic E-state index is 0.869. The molecule has 0 aromatic heterocycles. The maximum atomic E-state index is 8.27. The summed E-state index contributed by atoms with van der Waals surface area (Å²) in [7, 11) is 0. The number of hydrogen-bond acceptors (Lipinski definition) is 1. The van der Waals surface area contributed by atoms with Crippen LogP contribution in [0.5, 0.6) is 0 Å². The van der Waals surface area contributed by atoms with Gasteiger partial charge in [-0.3, -0.25) is 0 Å². The van der Waals surface area contributed by atoms with E-state index in [0.717, 1.165) is 22.1 Å². The lowest BCUT2D eigenvalue weighted by molar-refractivity contribution is 1.58. The molecule has 0 aliphatic rings. The lowest BCUT2D eigenvalue weighted by Crippen LogP contribution is -1.90. The molecule has 0 saturated heterocycles. The van der Waals surface area contributed by atoms with E-state index in [1.807, 2.05) is 54.6 Å². The van der Waals surface area contributed by atoms with Gasteiger partial charge in [-0.2, -0.15) is 0 Å². The minimum Gasteiger partial charge on any atom is -0.355 e. The second kappa shape index (κ2) is 4.30. The Morgan fingerprint density at radius 2 is 1.41 bits per heavy atom. The molecule has 3 aromatic rings. The Balaban J connectivity index is 2.15. The maximum Gasteiger partial charge on any atom is 0.167 e. The van der Waals surface area contributed by atoms with Crippen LogP contribution < -0.4 is 5.31 Å². The van der Waals surface area contributed by atoms with Crippen LogP contribution in [-0.4, -0.2) is 0 Å². The first-order valence-electron chi connectivity index (χ1n) is 6.13. The van der Waals surface area contributed by atoms with Crippen LogP contribution in [0.2, 0.25) is 1.41 Å². The van der Waals surface area contributed by atoms with E-state index in [1.165, 1.54) is 5.31 Å². The lowest BCUT2D eigenvalue weighted by Gasteiger charge is -2.09. The number of fused-ring (bicyclic) bond motifs is 1.